The summed E-state index contributed by atoms with van der Waals surface area (Å²) >= 11 is 0. The van der Waals surface area contributed by atoms with Gasteiger partial charge in [-0.05, 0) is 54.7 Å². The summed E-state index contributed by atoms with van der Waals surface area (Å²) in [7, 11) is 3.74. The van der Waals surface area contributed by atoms with Crippen LogP contribution in [0.2, 0.25) is 0 Å². The van der Waals surface area contributed by atoms with E-state index in [-0.39, 0.29) is 29.0 Å². The first-order valence-corrected chi connectivity index (χ1v) is 11.2. The molecule has 0 atom stereocenters. The number of esters is 1. The first-order valence-electron chi connectivity index (χ1n) is 11.2. The van der Waals surface area contributed by atoms with Crippen molar-refractivity contribution in [2.75, 3.05) is 32.1 Å². The van der Waals surface area contributed by atoms with E-state index in [9.17, 15) is 14.4 Å². The van der Waals surface area contributed by atoms with Gasteiger partial charge in [-0.2, -0.15) is 5.21 Å². The van der Waals surface area contributed by atoms with Crippen LogP contribution in [-0.4, -0.2) is 70.6 Å². The Morgan fingerprint density at radius 2 is 1.67 bits per heavy atom. The Labute approximate surface area is 206 Å². The van der Waals surface area contributed by atoms with Gasteiger partial charge in [0.1, 0.15) is 6.61 Å². The summed E-state index contributed by atoms with van der Waals surface area (Å²) in [6, 6.07) is 19.3. The number of anilines is 1. The molecule has 0 saturated heterocycles. The fraction of sp³-hybridized carbons (Fsp3) is 0.154. The number of fused-ring (bicyclic) bond motifs is 1. The van der Waals surface area contributed by atoms with Crippen LogP contribution in [0.25, 0.3) is 22.5 Å². The summed E-state index contributed by atoms with van der Waals surface area (Å²) in [5.41, 5.74) is 2.87. The number of imide groups is 1. The maximum Gasteiger partial charge on any atom is 0.340 e. The highest BCUT2D eigenvalue weighted by molar-refractivity contribution is 6.35. The molecule has 2 amide bonds. The number of tetrazole rings is 1. The molecule has 2 heterocycles. The van der Waals surface area contributed by atoms with Gasteiger partial charge in [-0.25, -0.2) is 9.69 Å². The largest absolute Gasteiger partial charge is 0.461 e. The number of amides is 2. The number of carbonyl (C=O) groups excluding carboxylic acids is 3. The Morgan fingerprint density at radius 3 is 2.39 bits per heavy atom. The molecule has 0 saturated carbocycles. The number of ether oxygens (including phenoxy) is 1. The maximum atomic E-state index is 13.5. The van der Waals surface area contributed by atoms with Crippen LogP contribution in [0.5, 0.6) is 0 Å². The molecular formula is C26H22N6O4. The maximum absolute atomic E-state index is 13.5. The fourth-order valence-electron chi connectivity index (χ4n) is 3.98. The minimum absolute atomic E-state index is 0.126. The third kappa shape index (κ3) is 4.25. The molecule has 1 N–H and O–H groups in total. The summed E-state index contributed by atoms with van der Waals surface area (Å²) in [5, 5.41) is 13.8. The molecular weight excluding hydrogens is 460 g/mol. The zero-order valence-electron chi connectivity index (χ0n) is 19.6. The lowest BCUT2D eigenvalue weighted by atomic mass is 10.0. The number of benzene rings is 3. The minimum atomic E-state index is -0.615. The van der Waals surface area contributed by atoms with Crippen LogP contribution in [-0.2, 0) is 4.74 Å². The fourth-order valence-corrected chi connectivity index (χ4v) is 3.98. The Hall–Kier alpha value is -4.70. The SMILES string of the molecule is CN(C)CCOC(=O)c1ccc(-c2ccccc2)cc1N1C(=O)c2ccc(-c3nn[nH]n3)cc2C1=O. The first kappa shape index (κ1) is 23.1. The summed E-state index contributed by atoms with van der Waals surface area (Å²) in [6.45, 7) is 0.705. The van der Waals surface area contributed by atoms with Gasteiger partial charge in [0.05, 0.1) is 22.4 Å². The smallest absolute Gasteiger partial charge is 0.340 e. The van der Waals surface area contributed by atoms with Gasteiger partial charge in [-0.15, -0.1) is 10.2 Å². The topological polar surface area (TPSA) is 121 Å². The van der Waals surface area contributed by atoms with Gasteiger partial charge < -0.3 is 9.64 Å². The molecule has 0 fully saturated rings. The number of likely N-dealkylation sites (N-methyl/N-ethyl adjacent to an activating group) is 1. The number of nitrogens with zero attached hydrogens (tertiary/aromatic N) is 5. The van der Waals surface area contributed by atoms with Crippen molar-refractivity contribution in [1.29, 1.82) is 0 Å². The normalized spacial score (nSPS) is 12.8. The average Bonchev–Trinajstić information content (AvgIpc) is 3.51. The number of carbonyl (C=O) groups is 3. The highest BCUT2D eigenvalue weighted by atomic mass is 16.5. The van der Waals surface area contributed by atoms with Gasteiger partial charge in [-0.1, -0.05) is 42.5 Å². The Kier molecular flexibility index (Phi) is 6.09. The minimum Gasteiger partial charge on any atom is -0.461 e. The summed E-state index contributed by atoms with van der Waals surface area (Å²) in [4.78, 5) is 42.9. The van der Waals surface area contributed by atoms with Gasteiger partial charge in [0.15, 0.2) is 0 Å². The van der Waals surface area contributed by atoms with E-state index >= 15 is 0 Å². The van der Waals surface area contributed by atoms with Gasteiger partial charge in [0, 0.05) is 12.1 Å². The molecule has 3 aromatic carbocycles. The zero-order chi connectivity index (χ0) is 25.2. The number of aromatic nitrogens is 4. The van der Waals surface area contributed by atoms with E-state index < -0.39 is 17.8 Å². The predicted molar refractivity (Wildman–Crippen MR) is 131 cm³/mol. The van der Waals surface area contributed by atoms with Crippen molar-refractivity contribution in [3.63, 3.8) is 0 Å². The van der Waals surface area contributed by atoms with Crippen LogP contribution in [0.1, 0.15) is 31.1 Å². The van der Waals surface area contributed by atoms with Crippen LogP contribution in [0.3, 0.4) is 0 Å². The molecule has 0 aliphatic carbocycles. The predicted octanol–water partition coefficient (Wildman–Crippen LogP) is 3.05. The third-order valence-electron chi connectivity index (χ3n) is 5.83. The van der Waals surface area contributed by atoms with E-state index in [0.717, 1.165) is 16.0 Å². The van der Waals surface area contributed by atoms with Gasteiger partial charge >= 0.3 is 5.97 Å². The summed E-state index contributed by atoms with van der Waals surface area (Å²) in [5.74, 6) is -1.39. The third-order valence-corrected chi connectivity index (χ3v) is 5.83. The van der Waals surface area contributed by atoms with Crippen LogP contribution < -0.4 is 4.90 Å². The van der Waals surface area contributed by atoms with Crippen molar-refractivity contribution in [3.05, 3.63) is 83.4 Å². The number of H-pyrrole nitrogens is 1. The molecule has 0 bridgehead atoms. The van der Waals surface area contributed by atoms with Gasteiger partial charge in [0.2, 0.25) is 5.82 Å². The highest BCUT2D eigenvalue weighted by Crippen LogP contribution is 2.35. The second kappa shape index (κ2) is 9.51. The van der Waals surface area contributed by atoms with E-state index in [1.54, 1.807) is 36.4 Å². The van der Waals surface area contributed by atoms with Crippen LogP contribution in [0.15, 0.2) is 66.7 Å². The molecule has 180 valence electrons. The van der Waals surface area contributed by atoms with E-state index in [1.807, 2.05) is 49.3 Å². The molecule has 1 aromatic heterocycles. The Balaban J connectivity index is 1.56. The number of hydrogen-bond acceptors (Lipinski definition) is 8. The van der Waals surface area contributed by atoms with Gasteiger partial charge in [-0.3, -0.25) is 9.59 Å². The molecule has 0 spiro atoms. The lowest BCUT2D eigenvalue weighted by Gasteiger charge is -2.19. The summed E-state index contributed by atoms with van der Waals surface area (Å²) < 4.78 is 5.44. The second-order valence-electron chi connectivity index (χ2n) is 8.48. The standard InChI is InChI=1S/C26H22N6O4/c1-31(2)12-13-36-26(35)20-11-8-17(16-6-4-3-5-7-16)15-22(20)32-24(33)19-10-9-18(14-21(19)25(32)34)23-27-29-30-28-23/h3-11,14-15H,12-13H2,1-2H3,(H,27,28,29,30). The number of nitrogens with one attached hydrogen (secondary N) is 1. The number of rotatable bonds is 7. The zero-order valence-corrected chi connectivity index (χ0v) is 19.6. The van der Waals surface area contributed by atoms with E-state index in [0.29, 0.717) is 17.9 Å². The van der Waals surface area contributed by atoms with Crippen molar-refractivity contribution in [2.24, 2.45) is 0 Å². The van der Waals surface area contributed by atoms with Crippen molar-refractivity contribution in [3.8, 4) is 22.5 Å². The molecule has 4 aromatic rings. The number of aromatic amines is 1. The summed E-state index contributed by atoms with van der Waals surface area (Å²) in [6.07, 6.45) is 0. The number of hydrogen-bond donors (Lipinski definition) is 1. The van der Waals surface area contributed by atoms with E-state index in [1.165, 1.54) is 0 Å². The molecule has 1 aliphatic heterocycles. The Bertz CT molecular complexity index is 1450. The molecule has 0 radical (unpaired) electrons. The van der Waals surface area contributed by atoms with Crippen LogP contribution in [0, 0.1) is 0 Å². The van der Waals surface area contributed by atoms with Crippen molar-refractivity contribution < 1.29 is 19.1 Å². The van der Waals surface area contributed by atoms with Crippen molar-refractivity contribution >= 4 is 23.5 Å². The molecule has 5 rings (SSSR count). The first-order chi connectivity index (χ1) is 17.4. The van der Waals surface area contributed by atoms with E-state index in [4.69, 9.17) is 4.74 Å². The average molecular weight is 483 g/mol. The lowest BCUT2D eigenvalue weighted by Crippen LogP contribution is -2.31. The lowest BCUT2D eigenvalue weighted by molar-refractivity contribution is 0.0483. The second-order valence-corrected chi connectivity index (χ2v) is 8.48. The Morgan fingerprint density at radius 1 is 0.917 bits per heavy atom. The van der Waals surface area contributed by atoms with Crippen molar-refractivity contribution in [1.82, 2.24) is 25.5 Å². The molecule has 36 heavy (non-hydrogen) atoms. The van der Waals surface area contributed by atoms with Crippen LogP contribution in [0.4, 0.5) is 5.69 Å². The molecule has 1 aliphatic rings. The van der Waals surface area contributed by atoms with Crippen LogP contribution >= 0.6 is 0 Å². The van der Waals surface area contributed by atoms with Crippen molar-refractivity contribution in [2.45, 2.75) is 0 Å². The quantitative estimate of drug-likeness (QED) is 0.315. The molecule has 0 unspecified atom stereocenters. The molecule has 10 heteroatoms. The van der Waals surface area contributed by atoms with Gasteiger partial charge in [0.25, 0.3) is 11.8 Å². The monoisotopic (exact) mass is 482 g/mol. The van der Waals surface area contributed by atoms with E-state index in [2.05, 4.69) is 20.6 Å². The highest BCUT2D eigenvalue weighted by Gasteiger charge is 2.39. The molecule has 10 nitrogen and oxygen atoms in total.